The quantitative estimate of drug-likeness (QED) is 0.253. The first-order valence-corrected chi connectivity index (χ1v) is 2.77. The van der Waals surface area contributed by atoms with Crippen molar-refractivity contribution in [1.82, 2.24) is 0 Å². The molecule has 6 heteroatoms. The van der Waals surface area contributed by atoms with E-state index in [2.05, 4.69) is 9.05 Å². The Hall–Kier alpha value is 1.11. The molecule has 1 aliphatic heterocycles. The van der Waals surface area contributed by atoms with E-state index in [1.807, 2.05) is 0 Å². The van der Waals surface area contributed by atoms with Gasteiger partial charge in [0.15, 0.2) is 6.79 Å². The summed E-state index contributed by atoms with van der Waals surface area (Å²) in [7, 11) is -3.72. The molecule has 0 aromatic heterocycles. The second kappa shape index (κ2) is 2.60. The first-order chi connectivity index (χ1) is 2.71. The molecule has 36 valence electrons. The zero-order chi connectivity index (χ0) is 4.62. The monoisotopic (exact) mass is 132 g/mol. The van der Waals surface area contributed by atoms with Gasteiger partial charge in [0.1, 0.15) is 0 Å². The van der Waals surface area contributed by atoms with E-state index in [4.69, 9.17) is 0 Å². The summed E-state index contributed by atoms with van der Waals surface area (Å²) in [5.74, 6) is 0. The van der Waals surface area contributed by atoms with E-state index in [1.165, 1.54) is 0 Å². The minimum atomic E-state index is -3.72. The van der Waals surface area contributed by atoms with Crippen molar-refractivity contribution >= 4 is 7.82 Å². The van der Waals surface area contributed by atoms with E-state index >= 15 is 0 Å². The minimum Gasteiger partial charge on any atom is -0.756 e. The molecule has 0 aromatic carbocycles. The van der Waals surface area contributed by atoms with E-state index in [-0.39, 0.29) is 36.4 Å². The summed E-state index contributed by atoms with van der Waals surface area (Å²) in [6.45, 7) is -0.110. The number of hydrogen-bond acceptors (Lipinski definition) is 4. The zero-order valence-corrected chi connectivity index (χ0v) is 6.68. The van der Waals surface area contributed by atoms with Crippen molar-refractivity contribution in [3.05, 3.63) is 0 Å². The van der Waals surface area contributed by atoms with Gasteiger partial charge in [-0.3, -0.25) is 13.6 Å². The van der Waals surface area contributed by atoms with Crippen molar-refractivity contribution in [2.45, 2.75) is 0 Å². The molecule has 1 saturated heterocycles. The molecular weight excluding hydrogens is 130 g/mol. The summed E-state index contributed by atoms with van der Waals surface area (Å²) >= 11 is 0. The van der Waals surface area contributed by atoms with Crippen LogP contribution < -0.4 is 34.5 Å². The molecule has 1 rings (SSSR count). The van der Waals surface area contributed by atoms with Gasteiger partial charge in [0, 0.05) is 0 Å². The van der Waals surface area contributed by atoms with Gasteiger partial charge >= 0.3 is 29.6 Å². The van der Waals surface area contributed by atoms with Crippen LogP contribution in [0.2, 0.25) is 0 Å². The van der Waals surface area contributed by atoms with Crippen LogP contribution >= 0.6 is 7.82 Å². The fraction of sp³-hybridized carbons (Fsp3) is 1.00. The van der Waals surface area contributed by atoms with Crippen LogP contribution in [0.15, 0.2) is 0 Å². The molecule has 1 fully saturated rings. The molecule has 1 heterocycles. The van der Waals surface area contributed by atoms with E-state index in [0.717, 1.165) is 0 Å². The number of rotatable bonds is 0. The first-order valence-electron chi connectivity index (χ1n) is 1.31. The van der Waals surface area contributed by atoms with Gasteiger partial charge in [-0.15, -0.1) is 0 Å². The Kier molecular flexibility index (Phi) is 3.01. The van der Waals surface area contributed by atoms with E-state index in [0.29, 0.717) is 0 Å². The largest absolute Gasteiger partial charge is 1.00 e. The Morgan fingerprint density at radius 1 is 1.57 bits per heavy atom. The summed E-state index contributed by atoms with van der Waals surface area (Å²) in [6.07, 6.45) is 0. The molecule has 0 saturated carbocycles. The van der Waals surface area contributed by atoms with Gasteiger partial charge in [0.25, 0.3) is 7.82 Å². The van der Waals surface area contributed by atoms with Gasteiger partial charge in [-0.05, 0) is 0 Å². The van der Waals surface area contributed by atoms with Crippen molar-refractivity contribution in [3.8, 4) is 0 Å². The smallest absolute Gasteiger partial charge is 0.756 e. The third kappa shape index (κ3) is 2.24. The third-order valence-corrected chi connectivity index (χ3v) is 1.26. The molecule has 0 spiro atoms. The Morgan fingerprint density at radius 2 is 1.86 bits per heavy atom. The number of phosphoric ester groups is 1. The molecule has 0 aliphatic carbocycles. The second-order valence-corrected chi connectivity index (χ2v) is 2.23. The molecule has 4 nitrogen and oxygen atoms in total. The summed E-state index contributed by atoms with van der Waals surface area (Å²) in [4.78, 5) is 9.67. The molecule has 0 radical (unpaired) electrons. The Balaban J connectivity index is 0.000000360. The van der Waals surface area contributed by atoms with Crippen molar-refractivity contribution in [3.63, 3.8) is 0 Å². The Labute approximate surface area is 62.7 Å². The average molecular weight is 132 g/mol. The van der Waals surface area contributed by atoms with Crippen LogP contribution in [0, 0.1) is 0 Å². The Bertz CT molecular complexity index is 93.9. The standard InChI is InChI=1S/CH3O4P.Na/c2-6(3)4-1-5-6;/h1H2,(H,2,3);/q;+1/p-1. The topological polar surface area (TPSA) is 58.6 Å². The second-order valence-electron chi connectivity index (χ2n) is 0.823. The van der Waals surface area contributed by atoms with Crippen LogP contribution in [0.5, 0.6) is 0 Å². The van der Waals surface area contributed by atoms with Gasteiger partial charge in [0.05, 0.1) is 0 Å². The minimum absolute atomic E-state index is 0. The van der Waals surface area contributed by atoms with Crippen LogP contribution in [-0.2, 0) is 13.6 Å². The third-order valence-electron chi connectivity index (χ3n) is 0.422. The van der Waals surface area contributed by atoms with Crippen LogP contribution in [0.25, 0.3) is 0 Å². The molecule has 7 heavy (non-hydrogen) atoms. The maximum atomic E-state index is 9.67. The van der Waals surface area contributed by atoms with Crippen LogP contribution in [-0.4, -0.2) is 6.79 Å². The molecule has 0 bridgehead atoms. The van der Waals surface area contributed by atoms with Crippen molar-refractivity contribution < 1.29 is 48.1 Å². The first kappa shape index (κ1) is 8.11. The fourth-order valence-corrected chi connectivity index (χ4v) is 0.416. The fourth-order valence-electron chi connectivity index (χ4n) is 0.139. The van der Waals surface area contributed by atoms with Crippen LogP contribution in [0.3, 0.4) is 0 Å². The maximum absolute atomic E-state index is 9.67. The molecule has 0 atom stereocenters. The zero-order valence-electron chi connectivity index (χ0n) is 3.79. The van der Waals surface area contributed by atoms with E-state index < -0.39 is 7.82 Å². The van der Waals surface area contributed by atoms with Gasteiger partial charge < -0.3 is 4.89 Å². The van der Waals surface area contributed by atoms with Crippen molar-refractivity contribution in [2.24, 2.45) is 0 Å². The number of hydrogen-bond donors (Lipinski definition) is 0. The summed E-state index contributed by atoms with van der Waals surface area (Å²) in [5.41, 5.74) is 0. The predicted molar refractivity (Wildman–Crippen MR) is 14.6 cm³/mol. The summed E-state index contributed by atoms with van der Waals surface area (Å²) < 4.78 is 17.5. The molecule has 0 N–H and O–H groups in total. The maximum Gasteiger partial charge on any atom is 1.00 e. The Morgan fingerprint density at radius 3 is 1.86 bits per heavy atom. The van der Waals surface area contributed by atoms with Crippen LogP contribution in [0.4, 0.5) is 0 Å². The number of phosphoric acid groups is 1. The normalized spacial score (nSPS) is 24.7. The molecule has 0 unspecified atom stereocenters. The SMILES string of the molecule is O=P1([O-])OCO1.[Na+]. The van der Waals surface area contributed by atoms with Gasteiger partial charge in [-0.1, -0.05) is 0 Å². The average Bonchev–Trinajstić information content (AvgIpc) is 1.32. The summed E-state index contributed by atoms with van der Waals surface area (Å²) in [6, 6.07) is 0. The molecular formula is CH2NaO4P. The molecule has 0 aromatic rings. The van der Waals surface area contributed by atoms with Crippen molar-refractivity contribution in [1.29, 1.82) is 0 Å². The van der Waals surface area contributed by atoms with Gasteiger partial charge in [0.2, 0.25) is 0 Å². The van der Waals surface area contributed by atoms with Crippen molar-refractivity contribution in [2.75, 3.05) is 6.79 Å². The van der Waals surface area contributed by atoms with Gasteiger partial charge in [-0.2, -0.15) is 0 Å². The molecule has 0 amide bonds. The molecule has 1 aliphatic rings. The van der Waals surface area contributed by atoms with E-state index in [1.54, 1.807) is 0 Å². The van der Waals surface area contributed by atoms with E-state index in [9.17, 15) is 9.46 Å². The van der Waals surface area contributed by atoms with Crippen LogP contribution in [0.1, 0.15) is 0 Å². The predicted octanol–water partition coefficient (Wildman–Crippen LogP) is -3.54. The van der Waals surface area contributed by atoms with Gasteiger partial charge in [-0.25, -0.2) is 0 Å². The summed E-state index contributed by atoms with van der Waals surface area (Å²) in [5, 5.41) is 0.